The standard InChI is InChI=1S/C34H41FN4O4/c1-21(2)31-34(43)38(16-17-39(31)33(42)29(37-23(5)40)19-24-11-14-28(35)15-12-24)30(32(41)36-22(3)4)20-25-10-13-26-8-6-7-9-27(26)18-25/h6-15,18,21-22,29-31H,16-17,19-20H2,1-5H3,(H,36,41)(H,37,40). The van der Waals surface area contributed by atoms with Gasteiger partial charge in [0.2, 0.25) is 23.6 Å². The second-order valence-electron chi connectivity index (χ2n) is 11.9. The molecule has 2 N–H and O–H groups in total. The van der Waals surface area contributed by atoms with Gasteiger partial charge in [-0.1, -0.05) is 68.4 Å². The van der Waals surface area contributed by atoms with Crippen molar-refractivity contribution in [3.63, 3.8) is 0 Å². The van der Waals surface area contributed by atoms with Crippen molar-refractivity contribution in [2.45, 2.75) is 71.6 Å². The topological polar surface area (TPSA) is 98.8 Å². The number of amides is 4. The molecule has 3 atom stereocenters. The molecule has 1 fully saturated rings. The van der Waals surface area contributed by atoms with E-state index in [4.69, 9.17) is 0 Å². The third-order valence-electron chi connectivity index (χ3n) is 7.75. The first-order valence-corrected chi connectivity index (χ1v) is 14.8. The van der Waals surface area contributed by atoms with E-state index in [9.17, 15) is 23.6 Å². The molecule has 9 heteroatoms. The number of hydrogen-bond acceptors (Lipinski definition) is 4. The Morgan fingerprint density at radius 2 is 1.51 bits per heavy atom. The van der Waals surface area contributed by atoms with Gasteiger partial charge in [-0.05, 0) is 53.8 Å². The van der Waals surface area contributed by atoms with Gasteiger partial charge in [0.15, 0.2) is 0 Å². The van der Waals surface area contributed by atoms with Gasteiger partial charge in [0.05, 0.1) is 0 Å². The van der Waals surface area contributed by atoms with Crippen LogP contribution in [-0.2, 0) is 32.0 Å². The fourth-order valence-electron chi connectivity index (χ4n) is 5.79. The molecule has 0 aromatic heterocycles. The number of piperazine rings is 1. The van der Waals surface area contributed by atoms with E-state index in [1.54, 1.807) is 17.0 Å². The summed E-state index contributed by atoms with van der Waals surface area (Å²) in [5.41, 5.74) is 1.61. The Balaban J connectivity index is 1.61. The van der Waals surface area contributed by atoms with Gasteiger partial charge >= 0.3 is 0 Å². The predicted octanol–water partition coefficient (Wildman–Crippen LogP) is 3.86. The van der Waals surface area contributed by atoms with Crippen molar-refractivity contribution >= 4 is 34.4 Å². The summed E-state index contributed by atoms with van der Waals surface area (Å²) in [6, 6.07) is 17.2. The molecule has 0 aliphatic carbocycles. The molecule has 0 bridgehead atoms. The molecule has 4 amide bonds. The number of carbonyl (C=O) groups excluding carboxylic acids is 4. The van der Waals surface area contributed by atoms with Crippen LogP contribution in [0.1, 0.15) is 45.7 Å². The van der Waals surface area contributed by atoms with Crippen LogP contribution in [0.15, 0.2) is 66.7 Å². The van der Waals surface area contributed by atoms with Crippen LogP contribution in [0.5, 0.6) is 0 Å². The molecule has 1 saturated heterocycles. The quantitative estimate of drug-likeness (QED) is 0.376. The van der Waals surface area contributed by atoms with E-state index in [-0.39, 0.29) is 55.1 Å². The molecule has 0 radical (unpaired) electrons. The fraction of sp³-hybridized carbons (Fsp3) is 0.412. The Morgan fingerprint density at radius 1 is 0.860 bits per heavy atom. The van der Waals surface area contributed by atoms with E-state index in [0.29, 0.717) is 12.0 Å². The number of benzene rings is 3. The van der Waals surface area contributed by atoms with Crippen molar-refractivity contribution in [2.75, 3.05) is 13.1 Å². The second-order valence-corrected chi connectivity index (χ2v) is 11.9. The molecule has 3 unspecified atom stereocenters. The van der Waals surface area contributed by atoms with Gasteiger partial charge in [0.25, 0.3) is 0 Å². The minimum Gasteiger partial charge on any atom is -0.352 e. The van der Waals surface area contributed by atoms with Gasteiger partial charge in [-0.25, -0.2) is 4.39 Å². The highest BCUT2D eigenvalue weighted by molar-refractivity contribution is 5.95. The van der Waals surface area contributed by atoms with Gasteiger partial charge in [0.1, 0.15) is 23.9 Å². The Kier molecular flexibility index (Phi) is 10.2. The highest BCUT2D eigenvalue weighted by Gasteiger charge is 2.44. The minimum absolute atomic E-state index is 0.115. The molecular weight excluding hydrogens is 547 g/mol. The molecule has 1 aliphatic rings. The van der Waals surface area contributed by atoms with Crippen molar-refractivity contribution in [2.24, 2.45) is 5.92 Å². The molecular formula is C34H41FN4O4. The monoisotopic (exact) mass is 588 g/mol. The fourth-order valence-corrected chi connectivity index (χ4v) is 5.79. The SMILES string of the molecule is CC(=O)NC(Cc1ccc(F)cc1)C(=O)N1CCN(C(Cc2ccc3ccccc3c2)C(=O)NC(C)C)C(=O)C1C(C)C. The summed E-state index contributed by atoms with van der Waals surface area (Å²) in [7, 11) is 0. The normalized spacial score (nSPS) is 16.8. The summed E-state index contributed by atoms with van der Waals surface area (Å²) in [6.45, 7) is 9.20. The molecule has 4 rings (SSSR count). The van der Waals surface area contributed by atoms with Gasteiger partial charge in [-0.3, -0.25) is 19.2 Å². The summed E-state index contributed by atoms with van der Waals surface area (Å²) in [6.07, 6.45) is 0.478. The number of hydrogen-bond donors (Lipinski definition) is 2. The Bertz CT molecular complexity index is 1470. The molecule has 3 aromatic rings. The zero-order valence-corrected chi connectivity index (χ0v) is 25.5. The van der Waals surface area contributed by atoms with Gasteiger partial charge < -0.3 is 20.4 Å². The van der Waals surface area contributed by atoms with E-state index >= 15 is 0 Å². The lowest BCUT2D eigenvalue weighted by atomic mass is 9.93. The molecule has 8 nitrogen and oxygen atoms in total. The Labute approximate surface area is 252 Å². The average Bonchev–Trinajstić information content (AvgIpc) is 2.95. The molecule has 228 valence electrons. The number of rotatable bonds is 10. The zero-order chi connectivity index (χ0) is 31.3. The number of nitrogens with zero attached hydrogens (tertiary/aromatic N) is 2. The van der Waals surface area contributed by atoms with E-state index in [2.05, 4.69) is 10.6 Å². The first-order chi connectivity index (χ1) is 20.4. The third-order valence-corrected chi connectivity index (χ3v) is 7.75. The first-order valence-electron chi connectivity index (χ1n) is 14.8. The van der Waals surface area contributed by atoms with E-state index in [1.807, 2.05) is 70.2 Å². The van der Waals surface area contributed by atoms with Gasteiger partial charge in [-0.15, -0.1) is 0 Å². The lowest BCUT2D eigenvalue weighted by Gasteiger charge is -2.45. The first kappa shape index (κ1) is 31.7. The maximum atomic E-state index is 14.2. The summed E-state index contributed by atoms with van der Waals surface area (Å²) in [5.74, 6) is -1.96. The third kappa shape index (κ3) is 7.77. The summed E-state index contributed by atoms with van der Waals surface area (Å²) >= 11 is 0. The van der Waals surface area contributed by atoms with Gasteiger partial charge in [-0.2, -0.15) is 0 Å². The van der Waals surface area contributed by atoms with Crippen LogP contribution < -0.4 is 10.6 Å². The number of carbonyl (C=O) groups is 4. The van der Waals surface area contributed by atoms with Crippen LogP contribution in [0, 0.1) is 11.7 Å². The summed E-state index contributed by atoms with van der Waals surface area (Å²) in [4.78, 5) is 56.9. The van der Waals surface area contributed by atoms with Gasteiger partial charge in [0, 0.05) is 38.9 Å². The van der Waals surface area contributed by atoms with Crippen LogP contribution in [0.2, 0.25) is 0 Å². The smallest absolute Gasteiger partial charge is 0.246 e. The average molecular weight is 589 g/mol. The highest BCUT2D eigenvalue weighted by atomic mass is 19.1. The highest BCUT2D eigenvalue weighted by Crippen LogP contribution is 2.25. The van der Waals surface area contributed by atoms with Crippen LogP contribution in [-0.4, -0.2) is 70.7 Å². The number of nitrogens with one attached hydrogen (secondary N) is 2. The van der Waals surface area contributed by atoms with E-state index in [1.165, 1.54) is 24.0 Å². The zero-order valence-electron chi connectivity index (χ0n) is 25.5. The Hall–Kier alpha value is -4.27. The lowest BCUT2D eigenvalue weighted by Crippen LogP contribution is -2.67. The van der Waals surface area contributed by atoms with Crippen molar-refractivity contribution in [3.05, 3.63) is 83.7 Å². The second kappa shape index (κ2) is 13.8. The van der Waals surface area contributed by atoms with Crippen LogP contribution in [0.3, 0.4) is 0 Å². The van der Waals surface area contributed by atoms with Crippen molar-refractivity contribution in [3.8, 4) is 0 Å². The number of fused-ring (bicyclic) bond motifs is 1. The minimum atomic E-state index is -0.929. The molecule has 1 heterocycles. The molecule has 0 spiro atoms. The van der Waals surface area contributed by atoms with E-state index in [0.717, 1.165) is 16.3 Å². The predicted molar refractivity (Wildman–Crippen MR) is 164 cm³/mol. The molecule has 43 heavy (non-hydrogen) atoms. The van der Waals surface area contributed by atoms with E-state index < -0.39 is 23.9 Å². The van der Waals surface area contributed by atoms with Crippen LogP contribution in [0.25, 0.3) is 10.8 Å². The van der Waals surface area contributed by atoms with Crippen molar-refractivity contribution in [1.29, 1.82) is 0 Å². The molecule has 0 saturated carbocycles. The maximum absolute atomic E-state index is 14.2. The Morgan fingerprint density at radius 3 is 2.14 bits per heavy atom. The van der Waals surface area contributed by atoms with Crippen molar-refractivity contribution < 1.29 is 23.6 Å². The van der Waals surface area contributed by atoms with Crippen molar-refractivity contribution in [1.82, 2.24) is 20.4 Å². The summed E-state index contributed by atoms with van der Waals surface area (Å²) < 4.78 is 13.5. The van der Waals surface area contributed by atoms with Crippen LogP contribution >= 0.6 is 0 Å². The van der Waals surface area contributed by atoms with Crippen LogP contribution in [0.4, 0.5) is 4.39 Å². The molecule has 1 aliphatic heterocycles. The maximum Gasteiger partial charge on any atom is 0.246 e. The summed E-state index contributed by atoms with van der Waals surface area (Å²) in [5, 5.41) is 7.84. The largest absolute Gasteiger partial charge is 0.352 e. The molecule has 3 aromatic carbocycles. The lowest BCUT2D eigenvalue weighted by molar-refractivity contribution is -0.159. The number of halogens is 1.